The second kappa shape index (κ2) is 19.0. The Morgan fingerprint density at radius 1 is 0.644 bits per heavy atom. The summed E-state index contributed by atoms with van der Waals surface area (Å²) in [5, 5.41) is 17.4. The number of aromatic nitrogens is 4. The van der Waals surface area contributed by atoms with Crippen LogP contribution in [0, 0.1) is 35.3 Å². The fraction of sp³-hybridized carbons (Fsp3) is 0.122. The van der Waals surface area contributed by atoms with E-state index in [4.69, 9.17) is 4.74 Å². The average molecular weight is 841 g/mol. The standard InChI is InChI=1S/C21H18FN3O4S.C20H16FN3O4S/c1-25-12-11-19(24-25)14-23-30(27,28)20-10-7-17(21(26)29-2)13-16(20)6-3-15-4-8-18(22)9-5-15;1-24-11-10-18(23-24)13-22-29(27,28)19-9-6-16(20(25)26)12-15(19)5-2-14-3-7-17(21)8-4-14/h4-5,7-13,23H,14H2,1-2H3;3-4,6-12,22H,13H2,1H3,(H,25,26). The molecule has 0 radical (unpaired) electrons. The monoisotopic (exact) mass is 840 g/mol. The molecule has 2 aromatic heterocycles. The predicted molar refractivity (Wildman–Crippen MR) is 210 cm³/mol. The molecule has 0 saturated heterocycles. The number of halogens is 2. The van der Waals surface area contributed by atoms with Crippen molar-refractivity contribution in [3.05, 3.63) is 166 Å². The zero-order valence-corrected chi connectivity index (χ0v) is 33.1. The van der Waals surface area contributed by atoms with Gasteiger partial charge in [0.15, 0.2) is 0 Å². The van der Waals surface area contributed by atoms with Crippen LogP contribution in [0.1, 0.15) is 54.4 Å². The van der Waals surface area contributed by atoms with E-state index < -0.39 is 43.6 Å². The number of sulfonamides is 2. The lowest BCUT2D eigenvalue weighted by Gasteiger charge is -2.09. The van der Waals surface area contributed by atoms with Crippen LogP contribution in [0.15, 0.2) is 119 Å². The third kappa shape index (κ3) is 12.0. The molecule has 14 nitrogen and oxygen atoms in total. The Bertz CT molecular complexity index is 2850. The number of methoxy groups -OCH3 is 1. The molecule has 302 valence electrons. The largest absolute Gasteiger partial charge is 0.478 e. The van der Waals surface area contributed by atoms with Crippen molar-refractivity contribution in [2.24, 2.45) is 14.1 Å². The van der Waals surface area contributed by atoms with Gasteiger partial charge >= 0.3 is 11.9 Å². The highest BCUT2D eigenvalue weighted by molar-refractivity contribution is 7.89. The Labute approximate surface area is 338 Å². The number of carboxylic acid groups (broad SMARTS) is 1. The predicted octanol–water partition coefficient (Wildman–Crippen LogP) is 4.36. The van der Waals surface area contributed by atoms with Crippen LogP contribution >= 0.6 is 0 Å². The first-order chi connectivity index (χ1) is 28.0. The molecule has 0 unspecified atom stereocenters. The highest BCUT2D eigenvalue weighted by atomic mass is 32.2. The molecule has 18 heteroatoms. The van der Waals surface area contributed by atoms with Crippen LogP contribution in [0.5, 0.6) is 0 Å². The second-order valence-electron chi connectivity index (χ2n) is 12.3. The number of esters is 1. The van der Waals surface area contributed by atoms with E-state index in [-0.39, 0.29) is 45.1 Å². The van der Waals surface area contributed by atoms with Crippen molar-refractivity contribution in [3.63, 3.8) is 0 Å². The molecule has 0 saturated carbocycles. The summed E-state index contributed by atoms with van der Waals surface area (Å²) in [6, 6.07) is 21.7. The SMILES string of the molecule is COC(=O)c1ccc(S(=O)(=O)NCc2ccn(C)n2)c(C#Cc2ccc(F)cc2)c1.Cn1ccc(CNS(=O)(=O)c2ccc(C(=O)O)cc2C#Cc2ccc(F)cc2)n1. The van der Waals surface area contributed by atoms with Gasteiger partial charge in [-0.2, -0.15) is 10.2 Å². The molecule has 0 amide bonds. The number of nitrogens with zero attached hydrogens (tertiary/aromatic N) is 4. The maximum absolute atomic E-state index is 13.1. The van der Waals surface area contributed by atoms with Crippen molar-refractivity contribution >= 4 is 32.0 Å². The van der Waals surface area contributed by atoms with Crippen LogP contribution in [0.3, 0.4) is 0 Å². The third-order valence-electron chi connectivity index (χ3n) is 8.00. The summed E-state index contributed by atoms with van der Waals surface area (Å²) in [7, 11) is -3.27. The van der Waals surface area contributed by atoms with Gasteiger partial charge in [0.2, 0.25) is 20.0 Å². The number of carboxylic acids is 1. The molecule has 0 aliphatic rings. The lowest BCUT2D eigenvalue weighted by atomic mass is 10.1. The Hall–Kier alpha value is -6.96. The van der Waals surface area contributed by atoms with Gasteiger partial charge in [-0.25, -0.2) is 44.6 Å². The van der Waals surface area contributed by atoms with Gasteiger partial charge < -0.3 is 9.84 Å². The minimum atomic E-state index is -3.99. The molecular weight excluding hydrogens is 807 g/mol. The van der Waals surface area contributed by atoms with E-state index >= 15 is 0 Å². The molecule has 0 fully saturated rings. The van der Waals surface area contributed by atoms with Gasteiger partial charge in [-0.1, -0.05) is 23.7 Å². The van der Waals surface area contributed by atoms with Gasteiger partial charge in [-0.05, 0) is 97.1 Å². The number of hydrogen-bond acceptors (Lipinski definition) is 9. The molecule has 6 aromatic rings. The first-order valence-corrected chi connectivity index (χ1v) is 20.1. The van der Waals surface area contributed by atoms with Crippen molar-refractivity contribution in [1.82, 2.24) is 29.0 Å². The molecule has 4 aromatic carbocycles. The molecule has 0 aliphatic carbocycles. The minimum absolute atomic E-state index is 0.00719. The number of carbonyl (C=O) groups excluding carboxylic acids is 1. The van der Waals surface area contributed by atoms with Crippen LogP contribution in [0.4, 0.5) is 8.78 Å². The highest BCUT2D eigenvalue weighted by Crippen LogP contribution is 2.20. The summed E-state index contributed by atoms with van der Waals surface area (Å²) in [5.41, 5.74) is 2.20. The van der Waals surface area contributed by atoms with Gasteiger partial charge in [0.25, 0.3) is 0 Å². The average Bonchev–Trinajstić information content (AvgIpc) is 3.85. The number of nitrogens with one attached hydrogen (secondary N) is 2. The number of aryl methyl sites for hydroxylation is 2. The number of benzene rings is 4. The van der Waals surface area contributed by atoms with Crippen molar-refractivity contribution in [2.75, 3.05) is 7.11 Å². The number of rotatable bonds is 10. The molecule has 0 bridgehead atoms. The lowest BCUT2D eigenvalue weighted by Crippen LogP contribution is -2.24. The van der Waals surface area contributed by atoms with E-state index in [1.54, 1.807) is 48.0 Å². The molecule has 3 N–H and O–H groups in total. The number of carbonyl (C=O) groups is 2. The molecule has 0 aliphatic heterocycles. The van der Waals surface area contributed by atoms with E-state index in [9.17, 15) is 40.3 Å². The Morgan fingerprint density at radius 2 is 1.05 bits per heavy atom. The van der Waals surface area contributed by atoms with Crippen LogP contribution in [0.2, 0.25) is 0 Å². The van der Waals surface area contributed by atoms with E-state index in [0.29, 0.717) is 22.5 Å². The Balaban J connectivity index is 0.000000224. The van der Waals surface area contributed by atoms with E-state index in [2.05, 4.69) is 43.3 Å². The summed E-state index contributed by atoms with van der Waals surface area (Å²) in [5.74, 6) is 8.29. The van der Waals surface area contributed by atoms with Crippen LogP contribution in [-0.2, 0) is 52.0 Å². The van der Waals surface area contributed by atoms with Crippen molar-refractivity contribution in [1.29, 1.82) is 0 Å². The van der Waals surface area contributed by atoms with Crippen LogP contribution in [-0.4, -0.2) is 60.6 Å². The van der Waals surface area contributed by atoms with Gasteiger partial charge in [0.05, 0.1) is 52.5 Å². The quantitative estimate of drug-likeness (QED) is 0.132. The zero-order chi connectivity index (χ0) is 42.7. The maximum Gasteiger partial charge on any atom is 0.337 e. The molecule has 59 heavy (non-hydrogen) atoms. The van der Waals surface area contributed by atoms with Gasteiger partial charge in [0, 0.05) is 48.7 Å². The third-order valence-corrected chi connectivity index (χ3v) is 10.9. The zero-order valence-electron chi connectivity index (χ0n) is 31.5. The normalized spacial score (nSPS) is 10.9. The molecular formula is C41H34F2N6O8S2. The summed E-state index contributed by atoms with van der Waals surface area (Å²) < 4.78 is 90.1. The summed E-state index contributed by atoms with van der Waals surface area (Å²) in [6.45, 7) is -0.0402. The summed E-state index contributed by atoms with van der Waals surface area (Å²) >= 11 is 0. The van der Waals surface area contributed by atoms with Gasteiger partial charge in [0.1, 0.15) is 11.6 Å². The van der Waals surface area contributed by atoms with E-state index in [0.717, 1.165) is 0 Å². The van der Waals surface area contributed by atoms with Crippen LogP contribution < -0.4 is 9.44 Å². The van der Waals surface area contributed by atoms with Crippen LogP contribution in [0.25, 0.3) is 0 Å². The van der Waals surface area contributed by atoms with Crippen molar-refractivity contribution < 1.29 is 45.0 Å². The van der Waals surface area contributed by atoms with Crippen molar-refractivity contribution in [3.8, 4) is 23.7 Å². The van der Waals surface area contributed by atoms with Gasteiger partial charge in [-0.15, -0.1) is 0 Å². The molecule has 0 atom stereocenters. The first-order valence-electron chi connectivity index (χ1n) is 17.1. The topological polar surface area (TPSA) is 192 Å². The lowest BCUT2D eigenvalue weighted by molar-refractivity contribution is 0.0599. The molecule has 2 heterocycles. The number of ether oxygens (including phenoxy) is 1. The first kappa shape index (κ1) is 43.2. The van der Waals surface area contributed by atoms with E-state index in [1.165, 1.54) is 92.0 Å². The highest BCUT2D eigenvalue weighted by Gasteiger charge is 2.21. The molecule has 6 rings (SSSR count). The molecule has 0 spiro atoms. The second-order valence-corrected chi connectivity index (χ2v) is 15.8. The number of aromatic carboxylic acids is 1. The van der Waals surface area contributed by atoms with E-state index in [1.807, 2.05) is 0 Å². The summed E-state index contributed by atoms with van der Waals surface area (Å²) in [6.07, 6.45) is 3.39. The Kier molecular flexibility index (Phi) is 13.9. The maximum atomic E-state index is 13.1. The fourth-order valence-corrected chi connectivity index (χ4v) is 7.34. The minimum Gasteiger partial charge on any atom is -0.478 e. The fourth-order valence-electron chi connectivity index (χ4n) is 5.06. The Morgan fingerprint density at radius 3 is 1.42 bits per heavy atom. The number of hydrogen-bond donors (Lipinski definition) is 3. The van der Waals surface area contributed by atoms with Gasteiger partial charge in [-0.3, -0.25) is 9.36 Å². The van der Waals surface area contributed by atoms with Crippen molar-refractivity contribution in [2.45, 2.75) is 22.9 Å². The summed E-state index contributed by atoms with van der Waals surface area (Å²) in [4.78, 5) is 22.9. The smallest absolute Gasteiger partial charge is 0.337 e.